The first kappa shape index (κ1) is 11.0. The molecule has 6 nitrogen and oxygen atoms in total. The van der Waals surface area contributed by atoms with Gasteiger partial charge in [0.1, 0.15) is 5.82 Å². The summed E-state index contributed by atoms with van der Waals surface area (Å²) < 4.78 is 1.50. The van der Waals surface area contributed by atoms with Crippen molar-refractivity contribution in [1.82, 2.24) is 14.6 Å². The SMILES string of the molecule is O=C(O)c1cn2nc(NC3CCCC3)ccc2n1. The van der Waals surface area contributed by atoms with Crippen LogP contribution in [0.4, 0.5) is 5.82 Å². The Hall–Kier alpha value is -2.11. The van der Waals surface area contributed by atoms with Gasteiger partial charge in [-0.1, -0.05) is 12.8 Å². The van der Waals surface area contributed by atoms with Crippen LogP contribution in [0.5, 0.6) is 0 Å². The second-order valence-corrected chi connectivity index (χ2v) is 4.58. The summed E-state index contributed by atoms with van der Waals surface area (Å²) in [4.78, 5) is 14.8. The van der Waals surface area contributed by atoms with Crippen molar-refractivity contribution in [2.24, 2.45) is 0 Å². The van der Waals surface area contributed by atoms with Crippen LogP contribution in [0.1, 0.15) is 36.2 Å². The first-order valence-corrected chi connectivity index (χ1v) is 6.08. The minimum Gasteiger partial charge on any atom is -0.476 e. The maximum Gasteiger partial charge on any atom is 0.356 e. The average Bonchev–Trinajstić information content (AvgIpc) is 2.96. The van der Waals surface area contributed by atoms with Crippen LogP contribution >= 0.6 is 0 Å². The van der Waals surface area contributed by atoms with Gasteiger partial charge in [0.05, 0.1) is 6.20 Å². The van der Waals surface area contributed by atoms with Crippen LogP contribution < -0.4 is 5.32 Å². The van der Waals surface area contributed by atoms with E-state index in [-0.39, 0.29) is 5.69 Å². The molecule has 2 N–H and O–H groups in total. The molecular formula is C12H14N4O2. The first-order chi connectivity index (χ1) is 8.72. The van der Waals surface area contributed by atoms with E-state index in [0.717, 1.165) is 5.82 Å². The second-order valence-electron chi connectivity index (χ2n) is 4.58. The normalized spacial score (nSPS) is 16.2. The zero-order valence-electron chi connectivity index (χ0n) is 9.83. The van der Waals surface area contributed by atoms with Gasteiger partial charge in [-0.3, -0.25) is 0 Å². The van der Waals surface area contributed by atoms with Crippen molar-refractivity contribution in [2.75, 3.05) is 5.32 Å². The van der Waals surface area contributed by atoms with Gasteiger partial charge in [0, 0.05) is 6.04 Å². The number of carboxylic acids is 1. The van der Waals surface area contributed by atoms with Crippen LogP contribution in [0.25, 0.3) is 5.65 Å². The van der Waals surface area contributed by atoms with Gasteiger partial charge in [-0.05, 0) is 25.0 Å². The number of carboxylic acid groups (broad SMARTS) is 1. The van der Waals surface area contributed by atoms with Crippen molar-refractivity contribution in [2.45, 2.75) is 31.7 Å². The zero-order valence-corrected chi connectivity index (χ0v) is 9.83. The number of aromatic nitrogens is 3. The molecular weight excluding hydrogens is 232 g/mol. The number of rotatable bonds is 3. The molecule has 0 amide bonds. The molecule has 2 aromatic heterocycles. The Labute approximate surface area is 104 Å². The molecule has 2 aromatic rings. The highest BCUT2D eigenvalue weighted by Crippen LogP contribution is 2.21. The van der Waals surface area contributed by atoms with Crippen LogP contribution in [0.2, 0.25) is 0 Å². The van der Waals surface area contributed by atoms with Gasteiger partial charge >= 0.3 is 5.97 Å². The molecule has 3 rings (SSSR count). The van der Waals surface area contributed by atoms with Crippen molar-refractivity contribution in [1.29, 1.82) is 0 Å². The summed E-state index contributed by atoms with van der Waals surface area (Å²) in [5, 5.41) is 16.6. The number of nitrogens with zero attached hydrogens (tertiary/aromatic N) is 3. The number of hydrogen-bond acceptors (Lipinski definition) is 4. The molecule has 0 unspecified atom stereocenters. The van der Waals surface area contributed by atoms with Gasteiger partial charge in [0.2, 0.25) is 0 Å². The zero-order chi connectivity index (χ0) is 12.5. The number of carbonyl (C=O) groups is 1. The maximum absolute atomic E-state index is 10.8. The van der Waals surface area contributed by atoms with E-state index in [1.54, 1.807) is 6.07 Å². The Bertz CT molecular complexity index is 587. The molecule has 94 valence electrons. The topological polar surface area (TPSA) is 79.5 Å². The summed E-state index contributed by atoms with van der Waals surface area (Å²) in [6.07, 6.45) is 6.29. The first-order valence-electron chi connectivity index (χ1n) is 6.08. The summed E-state index contributed by atoms with van der Waals surface area (Å²) in [6.45, 7) is 0. The third kappa shape index (κ3) is 2.01. The standard InChI is InChI=1S/C12H14N4O2/c17-12(18)9-7-16-11(14-9)6-5-10(15-16)13-8-3-1-2-4-8/h5-8H,1-4H2,(H,13,15)(H,17,18). The molecule has 0 bridgehead atoms. The fourth-order valence-electron chi connectivity index (χ4n) is 2.34. The van der Waals surface area contributed by atoms with Crippen molar-refractivity contribution < 1.29 is 9.90 Å². The molecule has 0 aliphatic heterocycles. The van der Waals surface area contributed by atoms with Crippen molar-refractivity contribution in [3.63, 3.8) is 0 Å². The lowest BCUT2D eigenvalue weighted by atomic mass is 10.2. The number of hydrogen-bond donors (Lipinski definition) is 2. The summed E-state index contributed by atoms with van der Waals surface area (Å²) in [5.41, 5.74) is 0.560. The molecule has 1 aliphatic rings. The predicted octanol–water partition coefficient (Wildman–Crippen LogP) is 1.78. The Morgan fingerprint density at radius 3 is 2.89 bits per heavy atom. The van der Waals surface area contributed by atoms with Crippen LogP contribution in [0, 0.1) is 0 Å². The van der Waals surface area contributed by atoms with Crippen molar-refractivity contribution >= 4 is 17.4 Å². The van der Waals surface area contributed by atoms with Gasteiger partial charge in [0.25, 0.3) is 0 Å². The third-order valence-corrected chi connectivity index (χ3v) is 3.25. The highest BCUT2D eigenvalue weighted by atomic mass is 16.4. The fraction of sp³-hybridized carbons (Fsp3) is 0.417. The number of nitrogens with one attached hydrogen (secondary N) is 1. The Balaban J connectivity index is 1.87. The van der Waals surface area contributed by atoms with E-state index in [1.807, 2.05) is 6.07 Å². The van der Waals surface area contributed by atoms with Crippen LogP contribution in [-0.4, -0.2) is 31.7 Å². The Morgan fingerprint density at radius 1 is 1.39 bits per heavy atom. The van der Waals surface area contributed by atoms with Crippen molar-refractivity contribution in [3.8, 4) is 0 Å². The molecule has 1 fully saturated rings. The molecule has 0 aromatic carbocycles. The van der Waals surface area contributed by atoms with Gasteiger partial charge in [0.15, 0.2) is 11.3 Å². The summed E-state index contributed by atoms with van der Waals surface area (Å²) in [7, 11) is 0. The largest absolute Gasteiger partial charge is 0.476 e. The number of imidazole rings is 1. The molecule has 18 heavy (non-hydrogen) atoms. The third-order valence-electron chi connectivity index (χ3n) is 3.25. The average molecular weight is 246 g/mol. The predicted molar refractivity (Wildman–Crippen MR) is 65.8 cm³/mol. The fourth-order valence-corrected chi connectivity index (χ4v) is 2.34. The van der Waals surface area contributed by atoms with Crippen LogP contribution in [0.3, 0.4) is 0 Å². The second kappa shape index (κ2) is 4.29. The van der Waals surface area contributed by atoms with Gasteiger partial charge in [-0.15, -0.1) is 5.10 Å². The van der Waals surface area contributed by atoms with Gasteiger partial charge < -0.3 is 10.4 Å². The monoisotopic (exact) mass is 246 g/mol. The minimum atomic E-state index is -1.04. The molecule has 0 spiro atoms. The van der Waals surface area contributed by atoms with Crippen LogP contribution in [0.15, 0.2) is 18.3 Å². The highest BCUT2D eigenvalue weighted by Gasteiger charge is 2.15. The minimum absolute atomic E-state index is 0.0144. The van der Waals surface area contributed by atoms with E-state index in [9.17, 15) is 4.79 Å². The molecule has 1 saturated carbocycles. The smallest absolute Gasteiger partial charge is 0.356 e. The van der Waals surface area contributed by atoms with E-state index in [0.29, 0.717) is 11.7 Å². The lowest BCUT2D eigenvalue weighted by Crippen LogP contribution is -2.16. The van der Waals surface area contributed by atoms with E-state index in [2.05, 4.69) is 15.4 Å². The molecule has 0 saturated heterocycles. The number of anilines is 1. The van der Waals surface area contributed by atoms with E-state index >= 15 is 0 Å². The van der Waals surface area contributed by atoms with Gasteiger partial charge in [-0.25, -0.2) is 14.3 Å². The molecule has 6 heteroatoms. The lowest BCUT2D eigenvalue weighted by Gasteiger charge is -2.11. The van der Waals surface area contributed by atoms with E-state index < -0.39 is 5.97 Å². The molecule has 0 atom stereocenters. The Morgan fingerprint density at radius 2 is 2.17 bits per heavy atom. The Kier molecular flexibility index (Phi) is 2.62. The van der Waals surface area contributed by atoms with Crippen LogP contribution in [-0.2, 0) is 0 Å². The summed E-state index contributed by atoms with van der Waals surface area (Å²) in [5.74, 6) is -0.269. The quantitative estimate of drug-likeness (QED) is 0.863. The number of aromatic carboxylic acids is 1. The highest BCUT2D eigenvalue weighted by molar-refractivity contribution is 5.86. The van der Waals surface area contributed by atoms with E-state index in [4.69, 9.17) is 5.11 Å². The summed E-state index contributed by atoms with van der Waals surface area (Å²) in [6, 6.07) is 4.10. The molecule has 0 radical (unpaired) electrons. The lowest BCUT2D eigenvalue weighted by molar-refractivity contribution is 0.0691. The summed E-state index contributed by atoms with van der Waals surface area (Å²) >= 11 is 0. The van der Waals surface area contributed by atoms with Gasteiger partial charge in [-0.2, -0.15) is 0 Å². The maximum atomic E-state index is 10.8. The molecule has 1 aliphatic carbocycles. The van der Waals surface area contributed by atoms with E-state index in [1.165, 1.54) is 36.4 Å². The van der Waals surface area contributed by atoms with Crippen molar-refractivity contribution in [3.05, 3.63) is 24.0 Å². The number of fused-ring (bicyclic) bond motifs is 1. The molecule has 2 heterocycles.